The summed E-state index contributed by atoms with van der Waals surface area (Å²) in [5, 5.41) is 13.2. The minimum atomic E-state index is -0.145. The smallest absolute Gasteiger partial charge is 0.266 e. The summed E-state index contributed by atoms with van der Waals surface area (Å²) in [5.74, 6) is 1.94. The van der Waals surface area contributed by atoms with Gasteiger partial charge in [-0.2, -0.15) is 0 Å². The molecule has 1 aliphatic rings. The molecule has 4 rings (SSSR count). The van der Waals surface area contributed by atoms with Gasteiger partial charge in [0.2, 0.25) is 0 Å². The normalized spacial score (nSPS) is 14.9. The van der Waals surface area contributed by atoms with Crippen molar-refractivity contribution in [3.63, 3.8) is 0 Å². The van der Waals surface area contributed by atoms with Gasteiger partial charge in [-0.25, -0.2) is 0 Å². The fourth-order valence-electron chi connectivity index (χ4n) is 3.46. The second-order valence-electron chi connectivity index (χ2n) is 6.83. The quantitative estimate of drug-likeness (QED) is 0.721. The zero-order valence-electron chi connectivity index (χ0n) is 15.0. The number of benzene rings is 1. The zero-order chi connectivity index (χ0) is 18.5. The number of hydrogen-bond acceptors (Lipinski definition) is 5. The fraction of sp³-hybridized carbons (Fsp3) is 0.286. The van der Waals surface area contributed by atoms with Crippen molar-refractivity contribution in [3.8, 4) is 0 Å². The number of piperidine rings is 1. The number of amides is 1. The lowest BCUT2D eigenvalue weighted by molar-refractivity contribution is 0.103. The Morgan fingerprint density at radius 1 is 1.04 bits per heavy atom. The highest BCUT2D eigenvalue weighted by Gasteiger charge is 2.20. The lowest BCUT2D eigenvalue weighted by atomic mass is 9.90. The molecule has 1 amide bonds. The average molecular weight is 379 g/mol. The summed E-state index contributed by atoms with van der Waals surface area (Å²) >= 11 is 1.41. The molecule has 1 saturated heterocycles. The van der Waals surface area contributed by atoms with Crippen LogP contribution in [0.2, 0.25) is 0 Å². The summed E-state index contributed by atoms with van der Waals surface area (Å²) in [4.78, 5) is 15.0. The topological polar surface area (TPSA) is 58.1 Å². The van der Waals surface area contributed by atoms with Gasteiger partial charge in [-0.05, 0) is 54.3 Å². The fourth-order valence-corrected chi connectivity index (χ4v) is 4.08. The molecule has 6 heteroatoms. The number of anilines is 2. The first-order valence-electron chi connectivity index (χ1n) is 9.25. The Morgan fingerprint density at radius 2 is 1.85 bits per heavy atom. The molecular weight excluding hydrogens is 356 g/mol. The van der Waals surface area contributed by atoms with E-state index in [0.29, 0.717) is 10.7 Å². The number of nitrogens with one attached hydrogen (secondary N) is 1. The van der Waals surface area contributed by atoms with E-state index in [0.717, 1.165) is 44.1 Å². The van der Waals surface area contributed by atoms with Gasteiger partial charge in [0.25, 0.3) is 5.91 Å². The lowest BCUT2D eigenvalue weighted by Crippen LogP contribution is -2.35. The van der Waals surface area contributed by atoms with Crippen LogP contribution in [0.4, 0.5) is 11.6 Å². The number of rotatable bonds is 5. The van der Waals surface area contributed by atoms with E-state index >= 15 is 0 Å². The highest BCUT2D eigenvalue weighted by atomic mass is 32.1. The van der Waals surface area contributed by atoms with Crippen molar-refractivity contribution >= 4 is 28.9 Å². The maximum atomic E-state index is 12.1. The van der Waals surface area contributed by atoms with Crippen molar-refractivity contribution in [2.24, 2.45) is 5.92 Å². The van der Waals surface area contributed by atoms with E-state index in [2.05, 4.69) is 50.7 Å². The Balaban J connectivity index is 1.30. The predicted molar refractivity (Wildman–Crippen MR) is 109 cm³/mol. The minimum absolute atomic E-state index is 0.145. The summed E-state index contributed by atoms with van der Waals surface area (Å²) in [7, 11) is 0. The third-order valence-corrected chi connectivity index (χ3v) is 5.81. The Morgan fingerprint density at radius 3 is 2.52 bits per heavy atom. The number of carbonyl (C=O) groups is 1. The van der Waals surface area contributed by atoms with Crippen molar-refractivity contribution in [2.75, 3.05) is 23.3 Å². The molecule has 1 fully saturated rings. The van der Waals surface area contributed by atoms with Gasteiger partial charge in [0, 0.05) is 13.1 Å². The molecule has 0 unspecified atom stereocenters. The van der Waals surface area contributed by atoms with E-state index in [1.165, 1.54) is 16.9 Å². The Kier molecular flexibility index (Phi) is 5.44. The average Bonchev–Trinajstić information content (AvgIpc) is 3.25. The van der Waals surface area contributed by atoms with Crippen molar-refractivity contribution < 1.29 is 4.79 Å². The summed E-state index contributed by atoms with van der Waals surface area (Å²) in [6, 6.07) is 18.1. The molecule has 0 atom stereocenters. The van der Waals surface area contributed by atoms with Crippen LogP contribution in [-0.4, -0.2) is 29.2 Å². The third kappa shape index (κ3) is 4.52. The molecule has 1 aromatic carbocycles. The molecule has 3 heterocycles. The molecule has 0 spiro atoms. The second kappa shape index (κ2) is 8.31. The summed E-state index contributed by atoms with van der Waals surface area (Å²) in [5.41, 5.74) is 1.42. The molecule has 1 aliphatic heterocycles. The maximum absolute atomic E-state index is 12.1. The molecule has 138 valence electrons. The van der Waals surface area contributed by atoms with Crippen LogP contribution in [0.5, 0.6) is 0 Å². The third-order valence-electron chi connectivity index (χ3n) is 4.94. The molecule has 0 radical (unpaired) electrons. The molecule has 0 saturated carbocycles. The van der Waals surface area contributed by atoms with E-state index in [1.807, 2.05) is 23.6 Å². The van der Waals surface area contributed by atoms with E-state index in [1.54, 1.807) is 6.07 Å². The van der Waals surface area contributed by atoms with Crippen LogP contribution in [0.15, 0.2) is 60.0 Å². The van der Waals surface area contributed by atoms with Gasteiger partial charge in [-0.3, -0.25) is 4.79 Å². The van der Waals surface area contributed by atoms with Crippen LogP contribution in [0, 0.1) is 5.92 Å². The number of aromatic nitrogens is 2. The molecule has 27 heavy (non-hydrogen) atoms. The molecular formula is C21H22N4OS. The molecule has 3 aromatic rings. The number of hydrogen-bond donors (Lipinski definition) is 1. The number of carbonyl (C=O) groups excluding carboxylic acids is 1. The molecule has 0 aliphatic carbocycles. The summed E-state index contributed by atoms with van der Waals surface area (Å²) in [6.07, 6.45) is 3.47. The van der Waals surface area contributed by atoms with E-state index in [4.69, 9.17) is 0 Å². The maximum Gasteiger partial charge on any atom is 0.266 e. The monoisotopic (exact) mass is 378 g/mol. The minimum Gasteiger partial charge on any atom is -0.355 e. The van der Waals surface area contributed by atoms with Gasteiger partial charge in [0.1, 0.15) is 0 Å². The molecule has 5 nitrogen and oxygen atoms in total. The van der Waals surface area contributed by atoms with Crippen molar-refractivity contribution in [3.05, 3.63) is 70.4 Å². The number of nitrogens with zero attached hydrogens (tertiary/aromatic N) is 3. The van der Waals surface area contributed by atoms with E-state index in [-0.39, 0.29) is 5.91 Å². The van der Waals surface area contributed by atoms with Crippen LogP contribution in [-0.2, 0) is 6.42 Å². The van der Waals surface area contributed by atoms with Gasteiger partial charge in [-0.1, -0.05) is 36.4 Å². The van der Waals surface area contributed by atoms with Crippen molar-refractivity contribution in [1.29, 1.82) is 0 Å². The Hall–Kier alpha value is -2.73. The van der Waals surface area contributed by atoms with Gasteiger partial charge >= 0.3 is 0 Å². The largest absolute Gasteiger partial charge is 0.355 e. The highest BCUT2D eigenvalue weighted by Crippen LogP contribution is 2.25. The first-order valence-corrected chi connectivity index (χ1v) is 10.1. The van der Waals surface area contributed by atoms with Crippen molar-refractivity contribution in [1.82, 2.24) is 10.2 Å². The highest BCUT2D eigenvalue weighted by molar-refractivity contribution is 7.12. The molecule has 0 bridgehead atoms. The molecule has 2 aromatic heterocycles. The molecule has 1 N–H and O–H groups in total. The van der Waals surface area contributed by atoms with Gasteiger partial charge in [0.15, 0.2) is 11.6 Å². The van der Waals surface area contributed by atoms with E-state index < -0.39 is 0 Å². The van der Waals surface area contributed by atoms with Crippen LogP contribution >= 0.6 is 11.3 Å². The van der Waals surface area contributed by atoms with Gasteiger partial charge in [0.05, 0.1) is 4.88 Å². The first kappa shape index (κ1) is 17.7. The first-order chi connectivity index (χ1) is 13.3. The predicted octanol–water partition coefficient (Wildman–Crippen LogP) is 4.25. The SMILES string of the molecule is O=C(Nc1ccc(N2CCC(Cc3ccccc3)CC2)nn1)c1cccs1. The Bertz CT molecular complexity index is 857. The second-order valence-corrected chi connectivity index (χ2v) is 7.78. The van der Waals surface area contributed by atoms with Gasteiger partial charge < -0.3 is 10.2 Å². The van der Waals surface area contributed by atoms with Crippen molar-refractivity contribution in [2.45, 2.75) is 19.3 Å². The standard InChI is InChI=1S/C21H22N4OS/c26-21(18-7-4-14-27-18)22-19-8-9-20(24-23-19)25-12-10-17(11-13-25)15-16-5-2-1-3-6-16/h1-9,14,17H,10-13,15H2,(H,22,23,26). The summed E-state index contributed by atoms with van der Waals surface area (Å²) in [6.45, 7) is 1.99. The van der Waals surface area contributed by atoms with Crippen LogP contribution in [0.25, 0.3) is 0 Å². The van der Waals surface area contributed by atoms with Gasteiger partial charge in [-0.15, -0.1) is 21.5 Å². The van der Waals surface area contributed by atoms with Crippen LogP contribution < -0.4 is 10.2 Å². The van der Waals surface area contributed by atoms with E-state index in [9.17, 15) is 4.79 Å². The van der Waals surface area contributed by atoms with Crippen LogP contribution in [0.1, 0.15) is 28.1 Å². The zero-order valence-corrected chi connectivity index (χ0v) is 15.9. The summed E-state index contributed by atoms with van der Waals surface area (Å²) < 4.78 is 0. The Labute approximate surface area is 163 Å². The number of thiophene rings is 1. The lowest BCUT2D eigenvalue weighted by Gasteiger charge is -2.32. The van der Waals surface area contributed by atoms with Crippen LogP contribution in [0.3, 0.4) is 0 Å².